The van der Waals surface area contributed by atoms with E-state index in [1.807, 2.05) is 54.0 Å². The van der Waals surface area contributed by atoms with E-state index in [4.69, 9.17) is 5.73 Å². The van der Waals surface area contributed by atoms with Gasteiger partial charge in [0.05, 0.1) is 21.8 Å². The van der Waals surface area contributed by atoms with Crippen LogP contribution in [0, 0.1) is 0 Å². The van der Waals surface area contributed by atoms with Crippen molar-refractivity contribution >= 4 is 39.5 Å². The molecular weight excluding hydrogens is 346 g/mol. The molecule has 2 aromatic carbocycles. The van der Waals surface area contributed by atoms with Crippen LogP contribution in [-0.2, 0) is 4.79 Å². The molecule has 1 aliphatic heterocycles. The van der Waals surface area contributed by atoms with E-state index in [0.717, 1.165) is 21.3 Å². The Morgan fingerprint density at radius 1 is 1.19 bits per heavy atom. The lowest BCUT2D eigenvalue weighted by Crippen LogP contribution is -2.27. The van der Waals surface area contributed by atoms with Gasteiger partial charge in [0, 0.05) is 6.54 Å². The fraction of sp³-hybridized carbons (Fsp3) is 0.105. The Hall–Kier alpha value is -3.03. The molecule has 0 bridgehead atoms. The number of carbonyl (C=O) groups is 1. The first-order chi connectivity index (χ1) is 12.7. The highest BCUT2D eigenvalue weighted by atomic mass is 32.1. The quantitative estimate of drug-likeness (QED) is 0.621. The number of amides is 1. The first-order valence-electron chi connectivity index (χ1n) is 8.19. The second-order valence-electron chi connectivity index (χ2n) is 5.86. The minimum absolute atomic E-state index is 0.211. The van der Waals surface area contributed by atoms with Gasteiger partial charge in [-0.3, -0.25) is 10.1 Å². The molecule has 1 fully saturated rings. The van der Waals surface area contributed by atoms with Crippen LogP contribution in [0.5, 0.6) is 0 Å². The van der Waals surface area contributed by atoms with Crippen LogP contribution in [0.3, 0.4) is 0 Å². The fourth-order valence-electron chi connectivity index (χ4n) is 2.78. The van der Waals surface area contributed by atoms with Crippen molar-refractivity contribution in [3.05, 3.63) is 70.9 Å². The Morgan fingerprint density at radius 2 is 2.04 bits per heavy atom. The first kappa shape index (κ1) is 16.4. The lowest BCUT2D eigenvalue weighted by atomic mass is 10.1. The highest BCUT2D eigenvalue weighted by molar-refractivity contribution is 7.16. The lowest BCUT2D eigenvalue weighted by molar-refractivity contribution is -0.115. The molecule has 1 amide bonds. The van der Waals surface area contributed by atoms with Gasteiger partial charge in [-0.15, -0.1) is 11.3 Å². The minimum Gasteiger partial charge on any atom is -0.328 e. The second kappa shape index (κ2) is 7.07. The normalized spacial score (nSPS) is 18.3. The number of nitrogens with one attached hydrogen (secondary N) is 2. The maximum atomic E-state index is 12.2. The zero-order valence-electron chi connectivity index (χ0n) is 13.8. The SMILES string of the molecule is NC[C@H](N=C1NC(=O)C(=Cc2ccc3ncsc3c2)N1)c1ccccc1. The van der Waals surface area contributed by atoms with Gasteiger partial charge in [-0.1, -0.05) is 36.4 Å². The van der Waals surface area contributed by atoms with E-state index in [-0.39, 0.29) is 11.9 Å². The Bertz CT molecular complexity index is 1010. The number of nitrogens with two attached hydrogens (primary N) is 1. The number of nitrogens with zero attached hydrogens (tertiary/aromatic N) is 2. The molecule has 3 aromatic rings. The molecule has 4 rings (SSSR count). The Morgan fingerprint density at radius 3 is 2.85 bits per heavy atom. The number of hydrogen-bond donors (Lipinski definition) is 3. The molecule has 0 radical (unpaired) electrons. The zero-order chi connectivity index (χ0) is 17.9. The van der Waals surface area contributed by atoms with E-state index < -0.39 is 0 Å². The summed E-state index contributed by atoms with van der Waals surface area (Å²) in [6.07, 6.45) is 1.80. The molecule has 1 aromatic heterocycles. The number of carbonyl (C=O) groups excluding carboxylic acids is 1. The summed E-state index contributed by atoms with van der Waals surface area (Å²) in [7, 11) is 0. The largest absolute Gasteiger partial charge is 0.328 e. The van der Waals surface area contributed by atoms with E-state index in [9.17, 15) is 4.79 Å². The number of rotatable bonds is 4. The van der Waals surface area contributed by atoms with Crippen molar-refractivity contribution in [2.75, 3.05) is 6.54 Å². The summed E-state index contributed by atoms with van der Waals surface area (Å²) in [4.78, 5) is 21.1. The summed E-state index contributed by atoms with van der Waals surface area (Å²) in [5, 5.41) is 5.81. The van der Waals surface area contributed by atoms with Gasteiger partial charge >= 0.3 is 0 Å². The molecule has 0 aliphatic carbocycles. The molecule has 0 unspecified atom stereocenters. The molecule has 1 atom stereocenters. The van der Waals surface area contributed by atoms with Crippen molar-refractivity contribution in [1.82, 2.24) is 15.6 Å². The van der Waals surface area contributed by atoms with Crippen molar-refractivity contribution in [2.45, 2.75) is 6.04 Å². The number of benzene rings is 2. The van der Waals surface area contributed by atoms with Gasteiger partial charge < -0.3 is 11.1 Å². The van der Waals surface area contributed by atoms with Gasteiger partial charge in [-0.05, 0) is 29.3 Å². The maximum absolute atomic E-state index is 12.2. The number of fused-ring (bicyclic) bond motifs is 1. The van der Waals surface area contributed by atoms with Crippen LogP contribution >= 0.6 is 11.3 Å². The molecular formula is C19H17N5OS. The van der Waals surface area contributed by atoms with E-state index in [2.05, 4.69) is 20.6 Å². The van der Waals surface area contributed by atoms with E-state index >= 15 is 0 Å². The average molecular weight is 363 g/mol. The summed E-state index contributed by atoms with van der Waals surface area (Å²) < 4.78 is 1.08. The standard InChI is InChI=1S/C19H17N5OS/c20-10-16(13-4-2-1-3-5-13)23-19-22-15(18(25)24-19)8-12-6-7-14-17(9-12)26-11-21-14/h1-9,11,16H,10,20H2,(H2,22,23,24,25)/t16-/m0/s1. The third-order valence-corrected chi connectivity index (χ3v) is 4.88. The molecule has 1 aliphatic rings. The molecule has 130 valence electrons. The molecule has 1 saturated heterocycles. The smallest absolute Gasteiger partial charge is 0.274 e. The molecule has 2 heterocycles. The summed E-state index contributed by atoms with van der Waals surface area (Å²) in [5.41, 5.74) is 11.0. The van der Waals surface area contributed by atoms with Crippen molar-refractivity contribution in [3.8, 4) is 0 Å². The van der Waals surface area contributed by atoms with Crippen LogP contribution in [-0.4, -0.2) is 23.4 Å². The van der Waals surface area contributed by atoms with Crippen LogP contribution in [0.1, 0.15) is 17.2 Å². The molecule has 0 saturated carbocycles. The van der Waals surface area contributed by atoms with E-state index in [0.29, 0.717) is 18.2 Å². The van der Waals surface area contributed by atoms with E-state index in [1.165, 1.54) is 0 Å². The van der Waals surface area contributed by atoms with Gasteiger partial charge in [0.1, 0.15) is 5.70 Å². The van der Waals surface area contributed by atoms with Crippen LogP contribution < -0.4 is 16.4 Å². The topological polar surface area (TPSA) is 92.4 Å². The highest BCUT2D eigenvalue weighted by Gasteiger charge is 2.23. The maximum Gasteiger partial charge on any atom is 0.274 e. The molecule has 4 N–H and O–H groups in total. The predicted octanol–water partition coefficient (Wildman–Crippen LogP) is 2.41. The molecule has 0 spiro atoms. The van der Waals surface area contributed by atoms with Gasteiger partial charge in [-0.2, -0.15) is 0 Å². The highest BCUT2D eigenvalue weighted by Crippen LogP contribution is 2.21. The Balaban J connectivity index is 1.57. The van der Waals surface area contributed by atoms with Crippen molar-refractivity contribution in [3.63, 3.8) is 0 Å². The van der Waals surface area contributed by atoms with Crippen LogP contribution in [0.15, 0.2) is 64.7 Å². The Labute approximate surface area is 154 Å². The van der Waals surface area contributed by atoms with Gasteiger partial charge in [0.15, 0.2) is 0 Å². The second-order valence-corrected chi connectivity index (χ2v) is 6.74. The predicted molar refractivity (Wildman–Crippen MR) is 105 cm³/mol. The number of aromatic nitrogens is 1. The van der Waals surface area contributed by atoms with Crippen LogP contribution in [0.2, 0.25) is 0 Å². The van der Waals surface area contributed by atoms with Crippen LogP contribution in [0.25, 0.3) is 16.3 Å². The monoisotopic (exact) mass is 363 g/mol. The number of guanidine groups is 1. The number of aliphatic imine (C=N–C) groups is 1. The third kappa shape index (κ3) is 3.35. The summed E-state index contributed by atoms with van der Waals surface area (Å²) >= 11 is 1.57. The van der Waals surface area contributed by atoms with Gasteiger partial charge in [0.25, 0.3) is 5.91 Å². The van der Waals surface area contributed by atoms with Gasteiger partial charge in [0.2, 0.25) is 5.96 Å². The lowest BCUT2D eigenvalue weighted by Gasteiger charge is -2.11. The van der Waals surface area contributed by atoms with Crippen molar-refractivity contribution in [1.29, 1.82) is 0 Å². The summed E-state index contributed by atoms with van der Waals surface area (Å²) in [6, 6.07) is 15.5. The van der Waals surface area contributed by atoms with Crippen LogP contribution in [0.4, 0.5) is 0 Å². The number of thiazole rings is 1. The van der Waals surface area contributed by atoms with Gasteiger partial charge in [-0.25, -0.2) is 9.98 Å². The number of hydrogen-bond acceptors (Lipinski definition) is 5. The average Bonchev–Trinajstić information content (AvgIpc) is 3.26. The van der Waals surface area contributed by atoms with Crippen molar-refractivity contribution in [2.24, 2.45) is 10.7 Å². The zero-order valence-corrected chi connectivity index (χ0v) is 14.7. The molecule has 7 heteroatoms. The van der Waals surface area contributed by atoms with E-state index in [1.54, 1.807) is 17.4 Å². The van der Waals surface area contributed by atoms with Crippen molar-refractivity contribution < 1.29 is 4.79 Å². The molecule has 26 heavy (non-hydrogen) atoms. The molecule has 6 nitrogen and oxygen atoms in total. The first-order valence-corrected chi connectivity index (χ1v) is 9.07. The Kier molecular flexibility index (Phi) is 4.47. The summed E-state index contributed by atoms with van der Waals surface area (Å²) in [6.45, 7) is 0.353. The summed E-state index contributed by atoms with van der Waals surface area (Å²) in [5.74, 6) is 0.205. The fourth-order valence-corrected chi connectivity index (χ4v) is 3.50. The minimum atomic E-state index is -0.216. The third-order valence-electron chi connectivity index (χ3n) is 4.09.